The van der Waals surface area contributed by atoms with E-state index in [1.165, 1.54) is 0 Å². The van der Waals surface area contributed by atoms with E-state index in [2.05, 4.69) is 25.9 Å². The fourth-order valence-electron chi connectivity index (χ4n) is 1.49. The number of aromatic amines is 1. The van der Waals surface area contributed by atoms with E-state index in [0.29, 0.717) is 5.56 Å². The first-order chi connectivity index (χ1) is 8.90. The van der Waals surface area contributed by atoms with Crippen molar-refractivity contribution in [2.75, 3.05) is 0 Å². The van der Waals surface area contributed by atoms with Gasteiger partial charge in [0.2, 0.25) is 5.75 Å². The minimum absolute atomic E-state index is 0.0842. The first-order valence-electron chi connectivity index (χ1n) is 5.23. The molecule has 0 aliphatic rings. The zero-order valence-corrected chi connectivity index (χ0v) is 11.4. The lowest BCUT2D eigenvalue weighted by atomic mass is 10.1. The second kappa shape index (κ2) is 4.85. The minimum Gasteiger partial charge on any atom is -0.501 e. The standard InChI is InChI=1S/C12H9BrN2O4/c1-5-2-3-6(4-7(5)13)10-14-8(12(18)19)9(16)11(17)15-10/h2-4,16H,1H3,(H,18,19)(H,14,15,17). The van der Waals surface area contributed by atoms with Gasteiger partial charge < -0.3 is 15.2 Å². The molecule has 0 atom stereocenters. The fourth-order valence-corrected chi connectivity index (χ4v) is 1.87. The molecule has 98 valence electrons. The van der Waals surface area contributed by atoms with Crippen molar-refractivity contribution in [3.8, 4) is 17.1 Å². The lowest BCUT2D eigenvalue weighted by Crippen LogP contribution is -2.15. The van der Waals surface area contributed by atoms with E-state index < -0.39 is 23.0 Å². The van der Waals surface area contributed by atoms with Crippen LogP contribution in [-0.4, -0.2) is 26.2 Å². The summed E-state index contributed by atoms with van der Waals surface area (Å²) < 4.78 is 0.803. The molecule has 1 heterocycles. The lowest BCUT2D eigenvalue weighted by molar-refractivity contribution is 0.0686. The smallest absolute Gasteiger partial charge is 0.358 e. The largest absolute Gasteiger partial charge is 0.501 e. The maximum Gasteiger partial charge on any atom is 0.358 e. The number of benzene rings is 1. The number of nitrogens with one attached hydrogen (secondary N) is 1. The van der Waals surface area contributed by atoms with E-state index in [1.807, 2.05) is 6.92 Å². The topological polar surface area (TPSA) is 103 Å². The maximum atomic E-state index is 11.5. The van der Waals surface area contributed by atoms with Crippen molar-refractivity contribution in [1.29, 1.82) is 0 Å². The molecule has 0 saturated carbocycles. The first kappa shape index (κ1) is 13.3. The number of aromatic nitrogens is 2. The van der Waals surface area contributed by atoms with Crippen LogP contribution in [0.3, 0.4) is 0 Å². The third-order valence-corrected chi connectivity index (χ3v) is 3.40. The highest BCUT2D eigenvalue weighted by molar-refractivity contribution is 9.10. The Morgan fingerprint density at radius 1 is 1.42 bits per heavy atom. The number of aromatic hydroxyl groups is 1. The highest BCUT2D eigenvalue weighted by Crippen LogP contribution is 2.23. The van der Waals surface area contributed by atoms with Gasteiger partial charge >= 0.3 is 5.97 Å². The number of H-pyrrole nitrogens is 1. The average Bonchev–Trinajstić information content (AvgIpc) is 2.35. The third kappa shape index (κ3) is 2.50. The number of nitrogens with zero attached hydrogens (tertiary/aromatic N) is 1. The average molecular weight is 325 g/mol. The van der Waals surface area contributed by atoms with Gasteiger partial charge in [-0.1, -0.05) is 28.1 Å². The molecule has 0 fully saturated rings. The Bertz CT molecular complexity index is 724. The number of rotatable bonds is 2. The van der Waals surface area contributed by atoms with Crippen LogP contribution in [0.5, 0.6) is 5.75 Å². The minimum atomic E-state index is -1.46. The molecule has 0 aliphatic carbocycles. The predicted octanol–water partition coefficient (Wildman–Crippen LogP) is 1.91. The molecule has 19 heavy (non-hydrogen) atoms. The van der Waals surface area contributed by atoms with Crippen LogP contribution in [0, 0.1) is 6.92 Å². The Kier molecular flexibility index (Phi) is 3.39. The van der Waals surface area contributed by atoms with E-state index in [-0.39, 0.29) is 5.82 Å². The maximum absolute atomic E-state index is 11.5. The third-order valence-electron chi connectivity index (χ3n) is 2.54. The molecular weight excluding hydrogens is 316 g/mol. The van der Waals surface area contributed by atoms with Gasteiger partial charge in [-0.05, 0) is 18.6 Å². The summed E-state index contributed by atoms with van der Waals surface area (Å²) in [5.74, 6) is -2.28. The Hall–Kier alpha value is -2.15. The predicted molar refractivity (Wildman–Crippen MR) is 71.4 cm³/mol. The van der Waals surface area contributed by atoms with Gasteiger partial charge in [0, 0.05) is 10.0 Å². The van der Waals surface area contributed by atoms with Gasteiger partial charge in [0.25, 0.3) is 5.56 Å². The molecule has 0 bridgehead atoms. The molecule has 0 unspecified atom stereocenters. The van der Waals surface area contributed by atoms with Crippen LogP contribution in [0.25, 0.3) is 11.4 Å². The molecule has 0 amide bonds. The number of carboxylic acid groups (broad SMARTS) is 1. The highest BCUT2D eigenvalue weighted by Gasteiger charge is 2.17. The normalized spacial score (nSPS) is 10.4. The molecule has 2 rings (SSSR count). The molecule has 3 N–H and O–H groups in total. The van der Waals surface area contributed by atoms with E-state index >= 15 is 0 Å². The van der Waals surface area contributed by atoms with Crippen molar-refractivity contribution < 1.29 is 15.0 Å². The summed E-state index contributed by atoms with van der Waals surface area (Å²) in [6, 6.07) is 5.20. The Morgan fingerprint density at radius 3 is 2.68 bits per heavy atom. The van der Waals surface area contributed by atoms with Gasteiger partial charge in [-0.15, -0.1) is 0 Å². The van der Waals surface area contributed by atoms with Crippen molar-refractivity contribution >= 4 is 21.9 Å². The molecule has 6 nitrogen and oxygen atoms in total. The molecule has 1 aromatic heterocycles. The number of carboxylic acids is 1. The molecule has 2 aromatic rings. The van der Waals surface area contributed by atoms with Crippen LogP contribution in [0.2, 0.25) is 0 Å². The number of hydrogen-bond donors (Lipinski definition) is 3. The van der Waals surface area contributed by atoms with E-state index in [4.69, 9.17) is 5.11 Å². The van der Waals surface area contributed by atoms with E-state index in [9.17, 15) is 14.7 Å². The molecule has 0 radical (unpaired) electrons. The SMILES string of the molecule is Cc1ccc(-c2nc(C(=O)O)c(O)c(=O)[nH]2)cc1Br. The van der Waals surface area contributed by atoms with Crippen LogP contribution in [0.15, 0.2) is 27.5 Å². The van der Waals surface area contributed by atoms with Crippen LogP contribution >= 0.6 is 15.9 Å². The van der Waals surface area contributed by atoms with Gasteiger partial charge in [-0.25, -0.2) is 9.78 Å². The summed E-state index contributed by atoms with van der Waals surface area (Å²) >= 11 is 3.34. The number of aryl methyl sites for hydroxylation is 1. The number of halogens is 1. The van der Waals surface area contributed by atoms with E-state index in [0.717, 1.165) is 10.0 Å². The zero-order valence-electron chi connectivity index (χ0n) is 9.77. The summed E-state index contributed by atoms with van der Waals surface area (Å²) in [6.07, 6.45) is 0. The summed E-state index contributed by atoms with van der Waals surface area (Å²) in [5.41, 5.74) is -0.0325. The Morgan fingerprint density at radius 2 is 2.11 bits per heavy atom. The summed E-state index contributed by atoms with van der Waals surface area (Å²) in [7, 11) is 0. The van der Waals surface area contributed by atoms with Crippen LogP contribution < -0.4 is 5.56 Å². The quantitative estimate of drug-likeness (QED) is 0.782. The van der Waals surface area contributed by atoms with Crippen LogP contribution in [-0.2, 0) is 0 Å². The monoisotopic (exact) mass is 324 g/mol. The van der Waals surface area contributed by atoms with Gasteiger partial charge in [-0.3, -0.25) is 4.79 Å². The van der Waals surface area contributed by atoms with Crippen molar-refractivity contribution in [2.45, 2.75) is 6.92 Å². The van der Waals surface area contributed by atoms with Crippen molar-refractivity contribution in [1.82, 2.24) is 9.97 Å². The van der Waals surface area contributed by atoms with Crippen molar-refractivity contribution in [3.05, 3.63) is 44.3 Å². The molecule has 0 saturated heterocycles. The summed E-state index contributed by atoms with van der Waals surface area (Å²) in [5, 5.41) is 18.2. The molecule has 0 aliphatic heterocycles. The number of hydrogen-bond acceptors (Lipinski definition) is 4. The fraction of sp³-hybridized carbons (Fsp3) is 0.0833. The van der Waals surface area contributed by atoms with E-state index in [1.54, 1.807) is 18.2 Å². The number of aromatic carboxylic acids is 1. The number of carbonyl (C=O) groups is 1. The lowest BCUT2D eigenvalue weighted by Gasteiger charge is -2.05. The molecule has 1 aromatic carbocycles. The summed E-state index contributed by atoms with van der Waals surface area (Å²) in [6.45, 7) is 1.89. The second-order valence-electron chi connectivity index (χ2n) is 3.88. The van der Waals surface area contributed by atoms with Crippen LogP contribution in [0.4, 0.5) is 0 Å². The van der Waals surface area contributed by atoms with Gasteiger partial charge in [-0.2, -0.15) is 0 Å². The highest BCUT2D eigenvalue weighted by atomic mass is 79.9. The van der Waals surface area contributed by atoms with Crippen molar-refractivity contribution in [2.24, 2.45) is 0 Å². The Labute approximate surface area is 115 Å². The molecule has 0 spiro atoms. The van der Waals surface area contributed by atoms with Gasteiger partial charge in [0.15, 0.2) is 5.69 Å². The zero-order chi connectivity index (χ0) is 14.2. The molecule has 7 heteroatoms. The van der Waals surface area contributed by atoms with Gasteiger partial charge in [0.1, 0.15) is 5.82 Å². The Balaban J connectivity index is 2.66. The molecular formula is C12H9BrN2O4. The summed E-state index contributed by atoms with van der Waals surface area (Å²) in [4.78, 5) is 28.4. The van der Waals surface area contributed by atoms with Crippen molar-refractivity contribution in [3.63, 3.8) is 0 Å². The van der Waals surface area contributed by atoms with Crippen LogP contribution in [0.1, 0.15) is 16.1 Å². The second-order valence-corrected chi connectivity index (χ2v) is 4.74. The first-order valence-corrected chi connectivity index (χ1v) is 6.02. The van der Waals surface area contributed by atoms with Gasteiger partial charge in [0.05, 0.1) is 0 Å².